The van der Waals surface area contributed by atoms with E-state index in [4.69, 9.17) is 11.6 Å². The molecule has 0 aliphatic heterocycles. The quantitative estimate of drug-likeness (QED) is 0.673. The Balaban J connectivity index is 2.54. The molecule has 0 spiro atoms. The summed E-state index contributed by atoms with van der Waals surface area (Å²) >= 11 is 5.69. The molecule has 1 aromatic carbocycles. The predicted molar refractivity (Wildman–Crippen MR) is 77.9 cm³/mol. The Hall–Kier alpha value is -2.28. The molecule has 6 nitrogen and oxygen atoms in total. The summed E-state index contributed by atoms with van der Waals surface area (Å²) in [5, 5.41) is 14.2. The molecule has 2 aromatic rings. The molecule has 0 radical (unpaired) electrons. The van der Waals surface area contributed by atoms with Gasteiger partial charge in [-0.05, 0) is 24.6 Å². The molecule has 0 saturated heterocycles. The highest BCUT2D eigenvalue weighted by atomic mass is 35.5. The maximum atomic E-state index is 14.0. The van der Waals surface area contributed by atoms with Crippen LogP contribution in [-0.4, -0.2) is 21.4 Å². The molecule has 21 heavy (non-hydrogen) atoms. The van der Waals surface area contributed by atoms with Gasteiger partial charge in [-0.1, -0.05) is 18.5 Å². The normalized spacial score (nSPS) is 10.4. The van der Waals surface area contributed by atoms with E-state index >= 15 is 0 Å². The minimum atomic E-state index is -0.675. The number of nitrogens with zero attached hydrogens (tertiary/aromatic N) is 3. The average molecular weight is 311 g/mol. The molecule has 8 heteroatoms. The monoisotopic (exact) mass is 310 g/mol. The molecule has 110 valence electrons. The highest BCUT2D eigenvalue weighted by Crippen LogP contribution is 2.31. The molecule has 0 bridgehead atoms. The Bertz CT molecular complexity index is 681. The fraction of sp³-hybridized carbons (Fsp3) is 0.231. The Kier molecular flexibility index (Phi) is 4.64. The summed E-state index contributed by atoms with van der Waals surface area (Å²) in [6.45, 7) is 2.57. The number of anilines is 1. The van der Waals surface area contributed by atoms with Gasteiger partial charge in [0, 0.05) is 17.1 Å². The van der Waals surface area contributed by atoms with Gasteiger partial charge in [0.15, 0.2) is 5.69 Å². The van der Waals surface area contributed by atoms with Crippen LogP contribution in [0.4, 0.5) is 16.0 Å². The van der Waals surface area contributed by atoms with Gasteiger partial charge < -0.3 is 5.32 Å². The summed E-state index contributed by atoms with van der Waals surface area (Å²) in [6.07, 6.45) is 1.90. The van der Waals surface area contributed by atoms with Crippen molar-refractivity contribution < 1.29 is 9.31 Å². The average Bonchev–Trinajstić information content (AvgIpc) is 2.44. The van der Waals surface area contributed by atoms with Gasteiger partial charge in [0.25, 0.3) is 0 Å². The summed E-state index contributed by atoms with van der Waals surface area (Å²) in [7, 11) is 0. The van der Waals surface area contributed by atoms with Gasteiger partial charge in [-0.2, -0.15) is 0 Å². The maximum Gasteiger partial charge on any atom is 0.313 e. The van der Waals surface area contributed by atoms with Gasteiger partial charge in [0.2, 0.25) is 5.95 Å². The zero-order valence-electron chi connectivity index (χ0n) is 11.1. The van der Waals surface area contributed by atoms with Crippen molar-refractivity contribution in [1.29, 1.82) is 0 Å². The zero-order valence-corrected chi connectivity index (χ0v) is 11.9. The van der Waals surface area contributed by atoms with Crippen LogP contribution < -0.4 is 5.32 Å². The van der Waals surface area contributed by atoms with E-state index < -0.39 is 10.7 Å². The van der Waals surface area contributed by atoms with E-state index in [0.717, 1.165) is 18.7 Å². The molecule has 1 heterocycles. The van der Waals surface area contributed by atoms with Crippen molar-refractivity contribution in [2.45, 2.75) is 13.3 Å². The third-order valence-corrected chi connectivity index (χ3v) is 2.92. The number of benzene rings is 1. The predicted octanol–water partition coefficient (Wildman–Crippen LogP) is 3.67. The molecule has 2 rings (SSSR count). The molecule has 1 aromatic heterocycles. The van der Waals surface area contributed by atoms with Gasteiger partial charge in [-0.15, -0.1) is 0 Å². The van der Waals surface area contributed by atoms with Crippen molar-refractivity contribution in [3.63, 3.8) is 0 Å². The molecule has 0 atom stereocenters. The number of hydrogen-bond acceptors (Lipinski definition) is 5. The molecule has 0 fully saturated rings. The lowest BCUT2D eigenvalue weighted by Gasteiger charge is -2.07. The highest BCUT2D eigenvalue weighted by molar-refractivity contribution is 6.30. The number of rotatable bonds is 5. The van der Waals surface area contributed by atoms with Gasteiger partial charge in [-0.3, -0.25) is 10.1 Å². The maximum absolute atomic E-state index is 14.0. The van der Waals surface area contributed by atoms with Crippen LogP contribution in [0.5, 0.6) is 0 Å². The second-order valence-electron chi connectivity index (χ2n) is 4.24. The Morgan fingerprint density at radius 2 is 2.24 bits per heavy atom. The number of hydrogen-bond donors (Lipinski definition) is 1. The lowest BCUT2D eigenvalue weighted by atomic mass is 10.1. The fourth-order valence-electron chi connectivity index (χ4n) is 1.71. The first-order valence-electron chi connectivity index (χ1n) is 6.23. The van der Waals surface area contributed by atoms with E-state index in [9.17, 15) is 14.5 Å². The lowest BCUT2D eigenvalue weighted by molar-refractivity contribution is -0.384. The molecule has 0 saturated carbocycles. The van der Waals surface area contributed by atoms with Crippen molar-refractivity contribution in [3.05, 3.63) is 45.4 Å². The summed E-state index contributed by atoms with van der Waals surface area (Å²) in [5.41, 5.74) is -0.436. The third-order valence-electron chi connectivity index (χ3n) is 2.69. The molecule has 0 amide bonds. The topological polar surface area (TPSA) is 81.0 Å². The van der Waals surface area contributed by atoms with Gasteiger partial charge in [0.1, 0.15) is 12.0 Å². The first kappa shape index (κ1) is 15.1. The van der Waals surface area contributed by atoms with Crippen molar-refractivity contribution in [2.24, 2.45) is 0 Å². The standard InChI is InChI=1S/C13H12ClFN4O2/c1-2-5-16-13-17-7-11(19(20)21)12(18-13)9-4-3-8(14)6-10(9)15/h3-4,6-7H,2,5H2,1H3,(H,16,17,18). The number of nitro groups is 1. The zero-order chi connectivity index (χ0) is 15.4. The molecule has 1 N–H and O–H groups in total. The summed E-state index contributed by atoms with van der Waals surface area (Å²) < 4.78 is 14.0. The van der Waals surface area contributed by atoms with Crippen LogP contribution in [0.2, 0.25) is 5.02 Å². The van der Waals surface area contributed by atoms with Crippen LogP contribution in [-0.2, 0) is 0 Å². The third kappa shape index (κ3) is 3.43. The van der Waals surface area contributed by atoms with E-state index in [0.29, 0.717) is 6.54 Å². The van der Waals surface area contributed by atoms with Crippen LogP contribution in [0.15, 0.2) is 24.4 Å². The SMILES string of the molecule is CCCNc1ncc([N+](=O)[O-])c(-c2ccc(Cl)cc2F)n1. The number of halogens is 2. The minimum Gasteiger partial charge on any atom is -0.354 e. The lowest BCUT2D eigenvalue weighted by Crippen LogP contribution is -2.06. The van der Waals surface area contributed by atoms with Crippen LogP contribution in [0.25, 0.3) is 11.3 Å². The first-order chi connectivity index (χ1) is 10.0. The minimum absolute atomic E-state index is 0.00745. The second kappa shape index (κ2) is 6.45. The smallest absolute Gasteiger partial charge is 0.313 e. The Morgan fingerprint density at radius 1 is 1.48 bits per heavy atom. The molecular weight excluding hydrogens is 299 g/mol. The van der Waals surface area contributed by atoms with E-state index in [1.807, 2.05) is 6.92 Å². The molecule has 0 aliphatic carbocycles. The second-order valence-corrected chi connectivity index (χ2v) is 4.67. The van der Waals surface area contributed by atoms with Gasteiger partial charge >= 0.3 is 5.69 Å². The van der Waals surface area contributed by atoms with Crippen molar-refractivity contribution in [1.82, 2.24) is 9.97 Å². The van der Waals surface area contributed by atoms with Gasteiger partial charge in [0.05, 0.1) is 4.92 Å². The summed E-state index contributed by atoms with van der Waals surface area (Å²) in [6, 6.07) is 3.89. The summed E-state index contributed by atoms with van der Waals surface area (Å²) in [5.74, 6) is -0.461. The van der Waals surface area contributed by atoms with Gasteiger partial charge in [-0.25, -0.2) is 14.4 Å². The fourth-order valence-corrected chi connectivity index (χ4v) is 1.87. The molecular formula is C13H12ClFN4O2. The molecule has 0 unspecified atom stereocenters. The Labute approximate surface area is 125 Å². The largest absolute Gasteiger partial charge is 0.354 e. The van der Waals surface area contributed by atoms with Crippen molar-refractivity contribution in [3.8, 4) is 11.3 Å². The van der Waals surface area contributed by atoms with Crippen LogP contribution in [0, 0.1) is 15.9 Å². The van der Waals surface area contributed by atoms with Crippen LogP contribution >= 0.6 is 11.6 Å². The van der Waals surface area contributed by atoms with E-state index in [1.54, 1.807) is 0 Å². The van der Waals surface area contributed by atoms with Crippen molar-refractivity contribution in [2.75, 3.05) is 11.9 Å². The van der Waals surface area contributed by atoms with E-state index in [-0.39, 0.29) is 27.9 Å². The van der Waals surface area contributed by atoms with E-state index in [1.165, 1.54) is 12.1 Å². The highest BCUT2D eigenvalue weighted by Gasteiger charge is 2.21. The summed E-state index contributed by atoms with van der Waals surface area (Å²) in [4.78, 5) is 18.3. The van der Waals surface area contributed by atoms with E-state index in [2.05, 4.69) is 15.3 Å². The van der Waals surface area contributed by atoms with Crippen LogP contribution in [0.3, 0.4) is 0 Å². The number of nitrogens with one attached hydrogen (secondary N) is 1. The van der Waals surface area contributed by atoms with Crippen LogP contribution in [0.1, 0.15) is 13.3 Å². The number of aromatic nitrogens is 2. The Morgan fingerprint density at radius 3 is 2.86 bits per heavy atom. The molecule has 0 aliphatic rings. The van der Waals surface area contributed by atoms with Crippen molar-refractivity contribution >= 4 is 23.2 Å². The first-order valence-corrected chi connectivity index (χ1v) is 6.61.